The molecule has 35 heavy (non-hydrogen) atoms. The largest absolute Gasteiger partial charge is 0.398 e. The van der Waals surface area contributed by atoms with E-state index in [-0.39, 0.29) is 17.8 Å². The summed E-state index contributed by atoms with van der Waals surface area (Å²) in [5, 5.41) is 13.7. The average molecular weight is 514 g/mol. The number of benzene rings is 3. The summed E-state index contributed by atoms with van der Waals surface area (Å²) < 4.78 is 0. The van der Waals surface area contributed by atoms with Crippen molar-refractivity contribution in [3.8, 4) is 0 Å². The first-order chi connectivity index (χ1) is 16.3. The predicted molar refractivity (Wildman–Crippen MR) is 152 cm³/mol. The molecule has 0 radical (unpaired) electrons. The lowest BCUT2D eigenvalue weighted by Crippen LogP contribution is -2.31. The van der Waals surface area contributed by atoms with E-state index in [4.69, 9.17) is 34.7 Å². The molecule has 5 N–H and O–H groups in total. The smallest absolute Gasteiger partial charge is 0.143 e. The Bertz CT molecular complexity index is 1180. The van der Waals surface area contributed by atoms with Crippen molar-refractivity contribution in [2.45, 2.75) is 78.2 Å². The molecule has 0 heterocycles. The van der Waals surface area contributed by atoms with Gasteiger partial charge in [0, 0.05) is 27.0 Å². The first-order valence-electron chi connectivity index (χ1n) is 12.4. The predicted octanol–water partition coefficient (Wildman–Crippen LogP) is 8.37. The summed E-state index contributed by atoms with van der Waals surface area (Å²) in [5.74, 6) is 0.514. The molecule has 1 atom stereocenters. The molecular formula is C30H38Cl2N2O. The SMILES string of the molecule is CCc1cc(C(O)(c2cc(C(C)C)c(N)c(C(C)C)c2)c2c(Cl)cccc2Cl)cc(C(C)C)c1N. The highest BCUT2D eigenvalue weighted by atomic mass is 35.5. The second-order valence-corrected chi connectivity index (χ2v) is 11.1. The first kappa shape index (κ1) is 27.4. The lowest BCUT2D eigenvalue weighted by Gasteiger charge is -2.35. The van der Waals surface area contributed by atoms with Crippen LogP contribution >= 0.6 is 23.2 Å². The summed E-state index contributed by atoms with van der Waals surface area (Å²) in [4.78, 5) is 0. The molecule has 3 nitrogen and oxygen atoms in total. The minimum Gasteiger partial charge on any atom is -0.398 e. The number of rotatable bonds is 7. The topological polar surface area (TPSA) is 72.3 Å². The second kappa shape index (κ2) is 10.4. The van der Waals surface area contributed by atoms with E-state index in [0.717, 1.165) is 40.0 Å². The summed E-state index contributed by atoms with van der Waals surface area (Å²) in [6.07, 6.45) is 0.738. The number of halogens is 2. The number of aliphatic hydroxyl groups is 1. The van der Waals surface area contributed by atoms with Crippen molar-refractivity contribution in [1.29, 1.82) is 0 Å². The van der Waals surface area contributed by atoms with Crippen LogP contribution in [0.2, 0.25) is 10.0 Å². The zero-order valence-corrected chi connectivity index (χ0v) is 23.4. The average Bonchev–Trinajstić information content (AvgIpc) is 2.78. The highest BCUT2D eigenvalue weighted by molar-refractivity contribution is 6.36. The van der Waals surface area contributed by atoms with Crippen LogP contribution in [0.5, 0.6) is 0 Å². The van der Waals surface area contributed by atoms with E-state index in [9.17, 15) is 5.11 Å². The quantitative estimate of drug-likeness (QED) is 0.219. The third-order valence-corrected chi connectivity index (χ3v) is 7.58. The summed E-state index contributed by atoms with van der Waals surface area (Å²) in [5.41, 5.74) is 18.9. The van der Waals surface area contributed by atoms with Crippen LogP contribution < -0.4 is 11.5 Å². The summed E-state index contributed by atoms with van der Waals surface area (Å²) in [6.45, 7) is 14.7. The van der Waals surface area contributed by atoms with Crippen molar-refractivity contribution in [1.82, 2.24) is 0 Å². The van der Waals surface area contributed by atoms with Crippen molar-refractivity contribution >= 4 is 34.6 Å². The molecule has 0 aliphatic carbocycles. The Balaban J connectivity index is 2.54. The van der Waals surface area contributed by atoms with Gasteiger partial charge in [-0.1, -0.05) is 83.8 Å². The first-order valence-corrected chi connectivity index (χ1v) is 13.1. The molecule has 0 fully saturated rings. The lowest BCUT2D eigenvalue weighted by atomic mass is 9.75. The van der Waals surface area contributed by atoms with Crippen molar-refractivity contribution in [2.24, 2.45) is 0 Å². The number of anilines is 2. The zero-order chi connectivity index (χ0) is 26.2. The minimum absolute atomic E-state index is 0.169. The number of nitrogen functional groups attached to an aromatic ring is 2. The molecule has 3 rings (SSSR count). The van der Waals surface area contributed by atoms with Gasteiger partial charge >= 0.3 is 0 Å². The van der Waals surface area contributed by atoms with Gasteiger partial charge in [0.15, 0.2) is 0 Å². The van der Waals surface area contributed by atoms with Gasteiger partial charge in [0.2, 0.25) is 0 Å². The highest BCUT2D eigenvalue weighted by Crippen LogP contribution is 2.47. The van der Waals surface area contributed by atoms with Crippen molar-refractivity contribution in [3.63, 3.8) is 0 Å². The van der Waals surface area contributed by atoms with Gasteiger partial charge in [-0.25, -0.2) is 0 Å². The Hall–Kier alpha value is -2.20. The molecule has 0 amide bonds. The van der Waals surface area contributed by atoms with Gasteiger partial charge in [-0.3, -0.25) is 0 Å². The third-order valence-electron chi connectivity index (χ3n) is 6.95. The molecule has 3 aromatic carbocycles. The molecule has 0 aromatic heterocycles. The van der Waals surface area contributed by atoms with Gasteiger partial charge in [-0.2, -0.15) is 0 Å². The van der Waals surface area contributed by atoms with Crippen LogP contribution in [0.1, 0.15) is 105 Å². The summed E-state index contributed by atoms with van der Waals surface area (Å²) >= 11 is 13.5. The van der Waals surface area contributed by atoms with Crippen molar-refractivity contribution in [2.75, 3.05) is 11.5 Å². The number of hydrogen-bond donors (Lipinski definition) is 3. The van der Waals surface area contributed by atoms with Gasteiger partial charge in [0.1, 0.15) is 5.60 Å². The molecule has 188 valence electrons. The monoisotopic (exact) mass is 512 g/mol. The molecule has 0 aliphatic heterocycles. The van der Waals surface area contributed by atoms with Crippen LogP contribution in [-0.2, 0) is 12.0 Å². The van der Waals surface area contributed by atoms with Crippen LogP contribution in [0.3, 0.4) is 0 Å². The third kappa shape index (κ3) is 4.91. The van der Waals surface area contributed by atoms with E-state index in [1.54, 1.807) is 18.2 Å². The molecular weight excluding hydrogens is 475 g/mol. The standard InChI is InChI=1S/C30H38Cl2N2O/c1-8-19-12-20(13-22(16(2)3)28(19)33)30(35,27-25(31)10-9-11-26(27)32)21-14-23(17(4)5)29(34)24(15-21)18(6)7/h9-18,35H,8,33-34H2,1-7H3. The molecule has 5 heteroatoms. The maximum absolute atomic E-state index is 12.9. The maximum Gasteiger partial charge on any atom is 0.143 e. The molecule has 0 saturated carbocycles. The van der Waals surface area contributed by atoms with Crippen molar-refractivity contribution < 1.29 is 5.11 Å². The lowest BCUT2D eigenvalue weighted by molar-refractivity contribution is 0.125. The maximum atomic E-state index is 12.9. The fraction of sp³-hybridized carbons (Fsp3) is 0.400. The Morgan fingerprint density at radius 3 is 1.54 bits per heavy atom. The number of aryl methyl sites for hydroxylation is 1. The van der Waals surface area contributed by atoms with Gasteiger partial charge < -0.3 is 16.6 Å². The van der Waals surface area contributed by atoms with Gasteiger partial charge in [0.25, 0.3) is 0 Å². The van der Waals surface area contributed by atoms with Gasteiger partial charge in [0.05, 0.1) is 0 Å². The van der Waals surface area contributed by atoms with E-state index in [0.29, 0.717) is 26.7 Å². The molecule has 0 spiro atoms. The van der Waals surface area contributed by atoms with Gasteiger partial charge in [-0.05, 0) is 87.9 Å². The van der Waals surface area contributed by atoms with E-state index in [1.165, 1.54) is 0 Å². The highest BCUT2D eigenvalue weighted by Gasteiger charge is 2.39. The molecule has 0 saturated heterocycles. The fourth-order valence-corrected chi connectivity index (χ4v) is 5.55. The summed E-state index contributed by atoms with van der Waals surface area (Å²) in [7, 11) is 0. The van der Waals surface area contributed by atoms with Crippen LogP contribution in [0.15, 0.2) is 42.5 Å². The Labute approximate surface area is 220 Å². The Morgan fingerprint density at radius 2 is 1.14 bits per heavy atom. The number of nitrogens with two attached hydrogens (primary N) is 2. The van der Waals surface area contributed by atoms with Crippen LogP contribution in [0, 0.1) is 0 Å². The molecule has 3 aromatic rings. The van der Waals surface area contributed by atoms with Crippen LogP contribution in [0.4, 0.5) is 11.4 Å². The number of hydrogen-bond acceptors (Lipinski definition) is 3. The second-order valence-electron chi connectivity index (χ2n) is 10.3. The van der Waals surface area contributed by atoms with E-state index >= 15 is 0 Å². The van der Waals surface area contributed by atoms with Crippen molar-refractivity contribution in [3.05, 3.63) is 91.5 Å². The van der Waals surface area contributed by atoms with Crippen LogP contribution in [-0.4, -0.2) is 5.11 Å². The van der Waals surface area contributed by atoms with Gasteiger partial charge in [-0.15, -0.1) is 0 Å². The minimum atomic E-state index is -1.61. The van der Waals surface area contributed by atoms with Crippen LogP contribution in [0.25, 0.3) is 0 Å². The van der Waals surface area contributed by atoms with E-state index in [1.807, 2.05) is 24.3 Å². The summed E-state index contributed by atoms with van der Waals surface area (Å²) in [6, 6.07) is 13.3. The van der Waals surface area contributed by atoms with E-state index in [2.05, 4.69) is 48.5 Å². The Morgan fingerprint density at radius 1 is 0.743 bits per heavy atom. The zero-order valence-electron chi connectivity index (χ0n) is 21.8. The molecule has 0 aliphatic rings. The Kier molecular flexibility index (Phi) is 8.16. The van der Waals surface area contributed by atoms with E-state index < -0.39 is 5.60 Å². The normalized spacial score (nSPS) is 13.6. The molecule has 1 unspecified atom stereocenters. The molecule has 0 bridgehead atoms. The fourth-order valence-electron chi connectivity index (χ4n) is 4.88.